The molecule has 2 N–H and O–H groups in total. The number of hydrogen-bond donors (Lipinski definition) is 1. The van der Waals surface area contributed by atoms with E-state index in [1.54, 1.807) is 0 Å². The minimum Gasteiger partial charge on any atom is -0.366 e. The minimum atomic E-state index is -0.394. The Kier molecular flexibility index (Phi) is 5.03. The van der Waals surface area contributed by atoms with Gasteiger partial charge in [-0.15, -0.1) is 0 Å². The second kappa shape index (κ2) is 7.86. The summed E-state index contributed by atoms with van der Waals surface area (Å²) in [5, 5.41) is 4.41. The van der Waals surface area contributed by atoms with Gasteiger partial charge in [0.15, 0.2) is 0 Å². The zero-order chi connectivity index (χ0) is 21.5. The van der Waals surface area contributed by atoms with Crippen molar-refractivity contribution >= 4 is 54.4 Å². The van der Waals surface area contributed by atoms with Crippen LogP contribution in [0.15, 0.2) is 77.3 Å². The Hall–Kier alpha value is -3.11. The van der Waals surface area contributed by atoms with Crippen LogP contribution >= 0.6 is 15.9 Å². The number of aryl methyl sites for hydroxylation is 1. The van der Waals surface area contributed by atoms with Gasteiger partial charge < -0.3 is 10.3 Å². The number of nitrogens with two attached hydrogens (primary N) is 1. The van der Waals surface area contributed by atoms with Crippen LogP contribution in [-0.2, 0) is 13.0 Å². The third-order valence-corrected chi connectivity index (χ3v) is 6.97. The summed E-state index contributed by atoms with van der Waals surface area (Å²) in [6.45, 7) is 2.89. The average Bonchev–Trinajstić information content (AvgIpc) is 3.09. The molecule has 0 bridgehead atoms. The Morgan fingerprint density at radius 1 is 0.935 bits per heavy atom. The molecular formula is C27H23BrN2O. The molecule has 3 nitrogen and oxygen atoms in total. The third kappa shape index (κ3) is 3.31. The highest BCUT2D eigenvalue weighted by molar-refractivity contribution is 9.10. The number of fused-ring (bicyclic) bond motifs is 4. The number of amides is 1. The van der Waals surface area contributed by atoms with E-state index in [-0.39, 0.29) is 0 Å². The lowest BCUT2D eigenvalue weighted by Gasteiger charge is -2.12. The van der Waals surface area contributed by atoms with E-state index in [0.29, 0.717) is 12.1 Å². The second-order valence-corrected chi connectivity index (χ2v) is 8.80. The predicted molar refractivity (Wildman–Crippen MR) is 133 cm³/mol. The highest BCUT2D eigenvalue weighted by Gasteiger charge is 2.18. The largest absolute Gasteiger partial charge is 0.366 e. The standard InChI is InChI=1S/C27H23BrN2O/c1-2-6-17-11-14-21-24(15-17)30(23-10-5-9-22(25(21)23)27(29)31)16-19-13-12-18-7-3-4-8-20(18)26(19)28/h3-5,7-15H,2,6,16H2,1H3,(H2,29,31). The van der Waals surface area contributed by atoms with Crippen molar-refractivity contribution in [1.29, 1.82) is 0 Å². The van der Waals surface area contributed by atoms with Gasteiger partial charge in [-0.05, 0) is 62.4 Å². The van der Waals surface area contributed by atoms with Gasteiger partial charge in [0.05, 0.1) is 5.52 Å². The first-order valence-electron chi connectivity index (χ1n) is 10.6. The molecule has 1 heterocycles. The van der Waals surface area contributed by atoms with Crippen molar-refractivity contribution in [2.45, 2.75) is 26.3 Å². The number of hydrogen-bond acceptors (Lipinski definition) is 1. The SMILES string of the molecule is CCCc1ccc2c3c(C(N)=O)cccc3n(Cc3ccc4ccccc4c3Br)c2c1. The molecular weight excluding hydrogens is 448 g/mol. The number of primary amides is 1. The Morgan fingerprint density at radius 3 is 2.58 bits per heavy atom. The number of carbonyl (C=O) groups is 1. The number of halogens is 1. The zero-order valence-electron chi connectivity index (χ0n) is 17.4. The minimum absolute atomic E-state index is 0.394. The van der Waals surface area contributed by atoms with Crippen molar-refractivity contribution in [3.05, 3.63) is 94.0 Å². The monoisotopic (exact) mass is 470 g/mol. The van der Waals surface area contributed by atoms with Gasteiger partial charge in [0.25, 0.3) is 0 Å². The van der Waals surface area contributed by atoms with E-state index in [1.807, 2.05) is 12.1 Å². The molecule has 0 radical (unpaired) electrons. The summed E-state index contributed by atoms with van der Waals surface area (Å²) in [5.74, 6) is -0.394. The van der Waals surface area contributed by atoms with Crippen LogP contribution in [0.5, 0.6) is 0 Å². The van der Waals surface area contributed by atoms with Crippen LogP contribution in [0.4, 0.5) is 0 Å². The van der Waals surface area contributed by atoms with Crippen LogP contribution in [0.2, 0.25) is 0 Å². The molecule has 0 fully saturated rings. The van der Waals surface area contributed by atoms with Crippen LogP contribution in [0.3, 0.4) is 0 Å². The lowest BCUT2D eigenvalue weighted by Crippen LogP contribution is -2.11. The molecule has 0 atom stereocenters. The Morgan fingerprint density at radius 2 is 1.77 bits per heavy atom. The normalized spacial score (nSPS) is 11.5. The van der Waals surface area contributed by atoms with Crippen LogP contribution in [-0.4, -0.2) is 10.5 Å². The summed E-state index contributed by atoms with van der Waals surface area (Å²) in [6.07, 6.45) is 2.12. The molecule has 0 saturated carbocycles. The van der Waals surface area contributed by atoms with Crippen molar-refractivity contribution in [1.82, 2.24) is 4.57 Å². The van der Waals surface area contributed by atoms with Gasteiger partial charge in [-0.3, -0.25) is 4.79 Å². The lowest BCUT2D eigenvalue weighted by atomic mass is 10.0. The molecule has 4 aromatic carbocycles. The molecule has 5 rings (SSSR count). The molecule has 0 aliphatic heterocycles. The Labute approximate surface area is 189 Å². The van der Waals surface area contributed by atoms with E-state index < -0.39 is 5.91 Å². The van der Waals surface area contributed by atoms with Crippen molar-refractivity contribution in [2.75, 3.05) is 0 Å². The van der Waals surface area contributed by atoms with Gasteiger partial charge in [-0.1, -0.05) is 67.9 Å². The highest BCUT2D eigenvalue weighted by Crippen LogP contribution is 2.35. The van der Waals surface area contributed by atoms with E-state index in [1.165, 1.54) is 21.9 Å². The maximum Gasteiger partial charge on any atom is 0.249 e. The lowest BCUT2D eigenvalue weighted by molar-refractivity contribution is 0.100. The van der Waals surface area contributed by atoms with Gasteiger partial charge in [0.2, 0.25) is 5.91 Å². The van der Waals surface area contributed by atoms with E-state index in [2.05, 4.69) is 88.1 Å². The number of aromatic nitrogens is 1. The van der Waals surface area contributed by atoms with Gasteiger partial charge in [0.1, 0.15) is 0 Å². The van der Waals surface area contributed by atoms with Crippen molar-refractivity contribution in [3.8, 4) is 0 Å². The molecule has 1 amide bonds. The van der Waals surface area contributed by atoms with E-state index in [0.717, 1.165) is 39.1 Å². The average molecular weight is 471 g/mol. The number of benzene rings is 4. The maximum absolute atomic E-state index is 12.2. The Balaban J connectivity index is 1.78. The number of carbonyl (C=O) groups excluding carboxylic acids is 1. The van der Waals surface area contributed by atoms with Crippen LogP contribution in [0, 0.1) is 0 Å². The molecule has 1 aromatic heterocycles. The molecule has 4 heteroatoms. The smallest absolute Gasteiger partial charge is 0.249 e. The van der Waals surface area contributed by atoms with Gasteiger partial charge in [-0.2, -0.15) is 0 Å². The van der Waals surface area contributed by atoms with E-state index in [9.17, 15) is 4.79 Å². The van der Waals surface area contributed by atoms with Gasteiger partial charge in [-0.25, -0.2) is 0 Å². The maximum atomic E-state index is 12.2. The molecule has 5 aromatic rings. The number of rotatable bonds is 5. The first kappa shape index (κ1) is 19.8. The van der Waals surface area contributed by atoms with Gasteiger partial charge >= 0.3 is 0 Å². The Bertz CT molecular complexity index is 1470. The molecule has 0 aliphatic rings. The second-order valence-electron chi connectivity index (χ2n) is 8.01. The first-order valence-corrected chi connectivity index (χ1v) is 11.4. The molecule has 0 unspecified atom stereocenters. The fourth-order valence-electron chi connectivity index (χ4n) is 4.58. The topological polar surface area (TPSA) is 48.0 Å². The summed E-state index contributed by atoms with van der Waals surface area (Å²) in [4.78, 5) is 12.2. The van der Waals surface area contributed by atoms with Crippen LogP contribution in [0.25, 0.3) is 32.6 Å². The fourth-order valence-corrected chi connectivity index (χ4v) is 5.20. The van der Waals surface area contributed by atoms with Crippen LogP contribution in [0.1, 0.15) is 34.8 Å². The molecule has 0 spiro atoms. The van der Waals surface area contributed by atoms with Crippen molar-refractivity contribution < 1.29 is 4.79 Å². The van der Waals surface area contributed by atoms with Gasteiger partial charge in [0, 0.05) is 32.9 Å². The van der Waals surface area contributed by atoms with Crippen molar-refractivity contribution in [3.63, 3.8) is 0 Å². The molecule has 154 valence electrons. The van der Waals surface area contributed by atoms with Crippen LogP contribution < -0.4 is 5.73 Å². The quantitative estimate of drug-likeness (QED) is 0.301. The van der Waals surface area contributed by atoms with E-state index in [4.69, 9.17) is 5.73 Å². The summed E-state index contributed by atoms with van der Waals surface area (Å²) < 4.78 is 3.42. The molecule has 0 aliphatic carbocycles. The third-order valence-electron chi connectivity index (χ3n) is 6.03. The number of nitrogens with zero attached hydrogens (tertiary/aromatic N) is 1. The predicted octanol–water partition coefficient (Wildman–Crippen LogP) is 6.81. The first-order chi connectivity index (χ1) is 15.1. The van der Waals surface area contributed by atoms with E-state index >= 15 is 0 Å². The molecule has 0 saturated heterocycles. The molecule has 31 heavy (non-hydrogen) atoms. The summed E-state index contributed by atoms with van der Waals surface area (Å²) in [5.41, 5.74) is 11.0. The summed E-state index contributed by atoms with van der Waals surface area (Å²) in [7, 11) is 0. The fraction of sp³-hybridized carbons (Fsp3) is 0.148. The summed E-state index contributed by atoms with van der Waals surface area (Å²) in [6, 6.07) is 25.1. The highest BCUT2D eigenvalue weighted by atomic mass is 79.9. The summed E-state index contributed by atoms with van der Waals surface area (Å²) >= 11 is 3.85. The zero-order valence-corrected chi connectivity index (χ0v) is 18.9. The van der Waals surface area contributed by atoms with Crippen molar-refractivity contribution in [2.24, 2.45) is 5.73 Å².